The summed E-state index contributed by atoms with van der Waals surface area (Å²) in [6.45, 7) is 6.45. The lowest BCUT2D eigenvalue weighted by atomic mass is 9.74. The number of nitrogens with one attached hydrogen (secondary N) is 1. The topological polar surface area (TPSA) is 62.4 Å². The van der Waals surface area contributed by atoms with Crippen LogP contribution in [0.3, 0.4) is 0 Å². The molecule has 1 saturated heterocycles. The lowest BCUT2D eigenvalue weighted by molar-refractivity contribution is 0.0274. The van der Waals surface area contributed by atoms with Crippen LogP contribution in [0.4, 0.5) is 4.79 Å². The average molecular weight is 405 g/mol. The second-order valence-electron chi connectivity index (χ2n) is 9.20. The van der Waals surface area contributed by atoms with Crippen LogP contribution in [0.15, 0.2) is 60.8 Å². The molecule has 1 amide bonds. The average Bonchev–Trinajstić information content (AvgIpc) is 3.34. The van der Waals surface area contributed by atoms with E-state index in [1.165, 1.54) is 0 Å². The van der Waals surface area contributed by atoms with E-state index in [0.29, 0.717) is 31.5 Å². The molecule has 0 bridgehead atoms. The van der Waals surface area contributed by atoms with Crippen LogP contribution in [0.2, 0.25) is 0 Å². The molecule has 0 aliphatic carbocycles. The number of fused-ring (bicyclic) bond motifs is 1. The number of carbonyl (C=O) groups is 2. The number of hydrogen-bond donors (Lipinski definition) is 1. The van der Waals surface area contributed by atoms with Gasteiger partial charge in [0.2, 0.25) is 0 Å². The molecule has 1 aliphatic rings. The minimum absolute atomic E-state index is 0.0838. The molecule has 5 nitrogen and oxygen atoms in total. The van der Waals surface area contributed by atoms with Crippen LogP contribution < -0.4 is 0 Å². The van der Waals surface area contributed by atoms with E-state index >= 15 is 0 Å². The van der Waals surface area contributed by atoms with Gasteiger partial charge in [0.1, 0.15) is 5.60 Å². The van der Waals surface area contributed by atoms with Crippen LogP contribution in [-0.4, -0.2) is 40.5 Å². The van der Waals surface area contributed by atoms with Crippen molar-refractivity contribution in [1.82, 2.24) is 9.88 Å². The van der Waals surface area contributed by atoms with Crippen molar-refractivity contribution in [3.63, 3.8) is 0 Å². The molecule has 2 heterocycles. The Morgan fingerprint density at radius 3 is 2.60 bits per heavy atom. The Hall–Kier alpha value is -3.08. The standard InChI is InChI=1S/C25H28N2O3/c1-24(2,3)30-23(29)27-14-12-25(17-27,16-18-7-5-4-6-8-18)22(28)20-9-10-21-19(15-20)11-13-26-21/h4-11,13,15,26H,12,14,16-17H2,1-3H3/t25-/m0/s1. The smallest absolute Gasteiger partial charge is 0.410 e. The number of likely N-dealkylation sites (tertiary alicyclic amines) is 1. The molecule has 0 unspecified atom stereocenters. The van der Waals surface area contributed by atoms with Crippen molar-refractivity contribution in [2.45, 2.75) is 39.2 Å². The Labute approximate surface area is 177 Å². The Bertz CT molecular complexity index is 1060. The SMILES string of the molecule is CC(C)(C)OC(=O)N1CC[C@@](Cc2ccccc2)(C(=O)c2ccc3[nH]ccc3c2)C1. The fourth-order valence-electron chi connectivity index (χ4n) is 4.25. The highest BCUT2D eigenvalue weighted by molar-refractivity contribution is 6.04. The second kappa shape index (κ2) is 7.63. The maximum absolute atomic E-state index is 13.8. The van der Waals surface area contributed by atoms with Crippen molar-refractivity contribution in [1.29, 1.82) is 0 Å². The molecule has 1 fully saturated rings. The van der Waals surface area contributed by atoms with Crippen molar-refractivity contribution in [3.05, 3.63) is 71.9 Å². The van der Waals surface area contributed by atoms with Crippen molar-refractivity contribution >= 4 is 22.8 Å². The summed E-state index contributed by atoms with van der Waals surface area (Å²) in [7, 11) is 0. The van der Waals surface area contributed by atoms with Crippen molar-refractivity contribution in [3.8, 4) is 0 Å². The number of carbonyl (C=O) groups excluding carboxylic acids is 2. The monoisotopic (exact) mass is 404 g/mol. The normalized spacial score (nSPS) is 19.2. The van der Waals surface area contributed by atoms with E-state index in [-0.39, 0.29) is 11.9 Å². The van der Waals surface area contributed by atoms with Gasteiger partial charge < -0.3 is 14.6 Å². The van der Waals surface area contributed by atoms with Gasteiger partial charge in [-0.15, -0.1) is 0 Å². The van der Waals surface area contributed by atoms with Crippen molar-refractivity contribution < 1.29 is 14.3 Å². The summed E-state index contributed by atoms with van der Waals surface area (Å²) in [6, 6.07) is 17.8. The number of aromatic amines is 1. The predicted molar refractivity (Wildman–Crippen MR) is 118 cm³/mol. The van der Waals surface area contributed by atoms with E-state index in [9.17, 15) is 9.59 Å². The zero-order valence-corrected chi connectivity index (χ0v) is 17.8. The van der Waals surface area contributed by atoms with Crippen LogP contribution in [0.25, 0.3) is 10.9 Å². The van der Waals surface area contributed by atoms with Crippen LogP contribution >= 0.6 is 0 Å². The first-order chi connectivity index (χ1) is 14.3. The summed E-state index contributed by atoms with van der Waals surface area (Å²) in [5, 5.41) is 1.01. The summed E-state index contributed by atoms with van der Waals surface area (Å²) in [5.74, 6) is 0.0838. The van der Waals surface area contributed by atoms with Crippen LogP contribution in [0.1, 0.15) is 43.1 Å². The third kappa shape index (κ3) is 4.11. The highest BCUT2D eigenvalue weighted by atomic mass is 16.6. The van der Waals surface area contributed by atoms with Crippen LogP contribution in [0, 0.1) is 5.41 Å². The number of benzene rings is 2. The number of Topliss-reactive ketones (excluding diaryl/α,β-unsaturated/α-hetero) is 1. The number of nitrogens with zero attached hydrogens (tertiary/aromatic N) is 1. The number of ketones is 1. The maximum atomic E-state index is 13.8. The predicted octanol–water partition coefficient (Wildman–Crippen LogP) is 5.22. The van der Waals surface area contributed by atoms with E-state index in [2.05, 4.69) is 4.98 Å². The second-order valence-corrected chi connectivity index (χ2v) is 9.20. The molecule has 1 N–H and O–H groups in total. The van der Waals surface area contributed by atoms with Gasteiger partial charge in [-0.1, -0.05) is 30.3 Å². The van der Waals surface area contributed by atoms with Crippen LogP contribution in [0.5, 0.6) is 0 Å². The number of ether oxygens (including phenoxy) is 1. The number of aromatic nitrogens is 1. The van der Waals surface area contributed by atoms with Gasteiger partial charge >= 0.3 is 6.09 Å². The molecule has 4 rings (SSSR count). The highest BCUT2D eigenvalue weighted by Crippen LogP contribution is 2.38. The molecule has 2 aromatic carbocycles. The van der Waals surface area contributed by atoms with E-state index in [4.69, 9.17) is 4.74 Å². The molecule has 1 aliphatic heterocycles. The molecule has 1 atom stereocenters. The van der Waals surface area contributed by atoms with Crippen molar-refractivity contribution in [2.24, 2.45) is 5.41 Å². The maximum Gasteiger partial charge on any atom is 0.410 e. The minimum atomic E-state index is -0.664. The summed E-state index contributed by atoms with van der Waals surface area (Å²) in [5.41, 5.74) is 1.56. The van der Waals surface area contributed by atoms with E-state index < -0.39 is 11.0 Å². The molecule has 30 heavy (non-hydrogen) atoms. The third-order valence-electron chi connectivity index (χ3n) is 5.69. The third-order valence-corrected chi connectivity index (χ3v) is 5.69. The summed E-state index contributed by atoms with van der Waals surface area (Å²) in [4.78, 5) is 31.3. The Morgan fingerprint density at radius 2 is 1.87 bits per heavy atom. The zero-order chi connectivity index (χ0) is 21.4. The summed E-state index contributed by atoms with van der Waals surface area (Å²) < 4.78 is 5.57. The first kappa shape index (κ1) is 20.2. The molecular formula is C25H28N2O3. The van der Waals surface area contributed by atoms with Gasteiger partial charge in [-0.3, -0.25) is 4.79 Å². The molecule has 0 saturated carbocycles. The van der Waals surface area contributed by atoms with Gasteiger partial charge in [0.15, 0.2) is 5.78 Å². The van der Waals surface area contributed by atoms with Gasteiger partial charge in [0.25, 0.3) is 0 Å². The largest absolute Gasteiger partial charge is 0.444 e. The van der Waals surface area contributed by atoms with Crippen LogP contribution in [-0.2, 0) is 11.2 Å². The molecule has 3 aromatic rings. The molecule has 0 radical (unpaired) electrons. The highest BCUT2D eigenvalue weighted by Gasteiger charge is 2.47. The summed E-state index contributed by atoms with van der Waals surface area (Å²) >= 11 is 0. The molecule has 156 valence electrons. The lowest BCUT2D eigenvalue weighted by Crippen LogP contribution is -2.40. The van der Waals surface area contributed by atoms with E-state index in [1.54, 1.807) is 4.90 Å². The van der Waals surface area contributed by atoms with Gasteiger partial charge in [-0.2, -0.15) is 0 Å². The number of rotatable bonds is 4. The first-order valence-electron chi connectivity index (χ1n) is 10.4. The Balaban J connectivity index is 1.66. The first-order valence-corrected chi connectivity index (χ1v) is 10.4. The van der Waals surface area contributed by atoms with E-state index in [1.807, 2.05) is 81.6 Å². The molecule has 0 spiro atoms. The molecular weight excluding hydrogens is 376 g/mol. The number of hydrogen-bond acceptors (Lipinski definition) is 3. The fourth-order valence-corrected chi connectivity index (χ4v) is 4.25. The molecule has 1 aromatic heterocycles. The Kier molecular flexibility index (Phi) is 5.14. The van der Waals surface area contributed by atoms with Gasteiger partial charge in [-0.25, -0.2) is 4.79 Å². The summed E-state index contributed by atoms with van der Waals surface area (Å²) in [6.07, 6.45) is 2.73. The van der Waals surface area contributed by atoms with E-state index in [0.717, 1.165) is 16.5 Å². The zero-order valence-electron chi connectivity index (χ0n) is 17.8. The van der Waals surface area contributed by atoms with Gasteiger partial charge in [-0.05, 0) is 63.4 Å². The van der Waals surface area contributed by atoms with Gasteiger partial charge in [0, 0.05) is 35.8 Å². The Morgan fingerprint density at radius 1 is 1.10 bits per heavy atom. The number of amides is 1. The number of H-pyrrole nitrogens is 1. The van der Waals surface area contributed by atoms with Crippen molar-refractivity contribution in [2.75, 3.05) is 13.1 Å². The quantitative estimate of drug-likeness (QED) is 0.607. The minimum Gasteiger partial charge on any atom is -0.444 e. The lowest BCUT2D eigenvalue weighted by Gasteiger charge is -2.29. The van der Waals surface area contributed by atoms with Gasteiger partial charge in [0.05, 0.1) is 5.41 Å². The molecule has 5 heteroatoms. The fraction of sp³-hybridized carbons (Fsp3) is 0.360.